The smallest absolute Gasteiger partial charge is 0.761 e. The van der Waals surface area contributed by atoms with E-state index < -0.39 is 25.2 Å². The van der Waals surface area contributed by atoms with E-state index in [4.69, 9.17) is 35.9 Å². The summed E-state index contributed by atoms with van der Waals surface area (Å²) in [4.78, 5) is 10.9. The first-order valence-electron chi connectivity index (χ1n) is 8.51. The quantitative estimate of drug-likeness (QED) is 0.0594. The molecule has 9 nitrogen and oxygen atoms in total. The van der Waals surface area contributed by atoms with Crippen molar-refractivity contribution in [2.45, 2.75) is 65.3 Å². The standard InChI is InChI=1S/C14H30O4Si.2Na.H2O5S2/c1-4-16-14(17-5-2,18-6-3)12-10-8-7-9-11-13(15)19;;;1-6(2)7(3,4)5/h4-12H2,1-3,19H3;;;(H,1,2)(H,3,4,5)/q;2*+1;/p-2. The van der Waals surface area contributed by atoms with Crippen molar-refractivity contribution in [3.63, 3.8) is 0 Å². The van der Waals surface area contributed by atoms with Gasteiger partial charge in [-0.25, -0.2) is 8.42 Å². The molecule has 0 saturated carbocycles. The molecule has 0 amide bonds. The first-order valence-corrected chi connectivity index (χ1v) is 12.5. The molecule has 0 fully saturated rings. The molecule has 0 N–H and O–H groups in total. The van der Waals surface area contributed by atoms with Crippen molar-refractivity contribution in [3.05, 3.63) is 0 Å². The zero-order chi connectivity index (χ0) is 20.6. The third-order valence-electron chi connectivity index (χ3n) is 3.02. The van der Waals surface area contributed by atoms with Crippen molar-refractivity contribution in [2.24, 2.45) is 0 Å². The van der Waals surface area contributed by atoms with Crippen LogP contribution in [0.4, 0.5) is 0 Å². The van der Waals surface area contributed by atoms with Crippen molar-refractivity contribution >= 4 is 34.9 Å². The summed E-state index contributed by atoms with van der Waals surface area (Å²) in [7, 11) is -7.91. The minimum absolute atomic E-state index is 0. The monoisotopic (exact) mass is 480 g/mol. The van der Waals surface area contributed by atoms with E-state index in [9.17, 15) is 4.79 Å². The molecular formula is C14H30Na2O9S2Si. The minimum Gasteiger partial charge on any atom is -0.761 e. The number of hydrogen-bond acceptors (Lipinski definition) is 9. The molecule has 14 heteroatoms. The molecule has 0 aromatic heterocycles. The molecule has 0 radical (unpaired) electrons. The summed E-state index contributed by atoms with van der Waals surface area (Å²) >= 11 is 0. The minimum atomic E-state index is -5.07. The van der Waals surface area contributed by atoms with E-state index >= 15 is 0 Å². The van der Waals surface area contributed by atoms with Crippen molar-refractivity contribution < 1.29 is 99.9 Å². The maximum atomic E-state index is 10.9. The Morgan fingerprint density at radius 1 is 0.964 bits per heavy atom. The van der Waals surface area contributed by atoms with Gasteiger partial charge in [-0.2, -0.15) is 0 Å². The maximum absolute atomic E-state index is 10.9. The average molecular weight is 481 g/mol. The fraction of sp³-hybridized carbons (Fsp3) is 0.929. The van der Waals surface area contributed by atoms with Gasteiger partial charge in [0.25, 0.3) is 5.97 Å². The molecule has 0 heterocycles. The summed E-state index contributed by atoms with van der Waals surface area (Å²) in [6.07, 6.45) is 5.68. The molecule has 0 aliphatic rings. The summed E-state index contributed by atoms with van der Waals surface area (Å²) in [5, 5.41) is 0.410. The molecule has 0 rings (SSSR count). The molecule has 1 unspecified atom stereocenters. The second kappa shape index (κ2) is 22.0. The van der Waals surface area contributed by atoms with Gasteiger partial charge in [0.15, 0.2) is 9.15 Å². The van der Waals surface area contributed by atoms with Gasteiger partial charge in [0.2, 0.25) is 0 Å². The van der Waals surface area contributed by atoms with Crippen LogP contribution in [0.2, 0.25) is 0 Å². The van der Waals surface area contributed by atoms with Crippen LogP contribution < -0.4 is 59.1 Å². The van der Waals surface area contributed by atoms with Crippen molar-refractivity contribution in [2.75, 3.05) is 19.8 Å². The molecular weight excluding hydrogens is 450 g/mol. The van der Waals surface area contributed by atoms with Crippen LogP contribution in [0.25, 0.3) is 0 Å². The molecule has 0 saturated heterocycles. The summed E-state index contributed by atoms with van der Waals surface area (Å²) in [5.74, 6) is -0.869. The van der Waals surface area contributed by atoms with Crippen LogP contribution in [0.15, 0.2) is 0 Å². The zero-order valence-corrected chi connectivity index (χ0v) is 25.5. The Labute approximate surface area is 217 Å². The molecule has 0 aromatic rings. The summed E-state index contributed by atoms with van der Waals surface area (Å²) < 4.78 is 62.7. The van der Waals surface area contributed by atoms with Gasteiger partial charge >= 0.3 is 59.1 Å². The fourth-order valence-electron chi connectivity index (χ4n) is 2.07. The Balaban J connectivity index is -0.000000274. The number of carbonyl (C=O) groups is 1. The van der Waals surface area contributed by atoms with Gasteiger partial charge in [-0.15, -0.1) is 0 Å². The van der Waals surface area contributed by atoms with Crippen molar-refractivity contribution in [3.8, 4) is 0 Å². The molecule has 1 atom stereocenters. The van der Waals surface area contributed by atoms with E-state index in [1.165, 1.54) is 0 Å². The first-order chi connectivity index (χ1) is 12.0. The van der Waals surface area contributed by atoms with Crippen LogP contribution in [-0.4, -0.2) is 63.2 Å². The van der Waals surface area contributed by atoms with Gasteiger partial charge in [-0.05, 0) is 33.6 Å². The van der Waals surface area contributed by atoms with Crippen LogP contribution >= 0.6 is 0 Å². The van der Waals surface area contributed by atoms with Gasteiger partial charge in [-0.3, -0.25) is 4.21 Å². The van der Waals surface area contributed by atoms with Gasteiger partial charge in [-0.1, -0.05) is 12.8 Å². The third kappa shape index (κ3) is 22.5. The topological polar surface area (TPSA) is 142 Å². The van der Waals surface area contributed by atoms with E-state index in [0.29, 0.717) is 35.5 Å². The number of carbonyl (C=O) groups excluding carboxylic acids is 1. The van der Waals surface area contributed by atoms with Crippen molar-refractivity contribution in [1.29, 1.82) is 0 Å². The van der Waals surface area contributed by atoms with Crippen LogP contribution in [0.1, 0.15) is 59.3 Å². The molecule has 28 heavy (non-hydrogen) atoms. The predicted molar refractivity (Wildman–Crippen MR) is 98.9 cm³/mol. The normalized spacial score (nSPS) is 12.2. The van der Waals surface area contributed by atoms with Gasteiger partial charge in [0, 0.05) is 32.7 Å². The van der Waals surface area contributed by atoms with E-state index in [1.54, 1.807) is 0 Å². The summed E-state index contributed by atoms with van der Waals surface area (Å²) in [6, 6.07) is 0. The molecule has 0 bridgehead atoms. The first kappa shape index (κ1) is 37.1. The third-order valence-corrected chi connectivity index (χ3v) is 4.85. The van der Waals surface area contributed by atoms with Crippen LogP contribution in [0.5, 0.6) is 0 Å². The molecule has 0 aromatic carbocycles. The number of ether oxygens (including phenoxy) is 3. The van der Waals surface area contributed by atoms with Crippen molar-refractivity contribution in [1.82, 2.24) is 0 Å². The maximum Gasteiger partial charge on any atom is 1.00 e. The Bertz CT molecular complexity index is 490. The second-order valence-electron chi connectivity index (χ2n) is 5.21. The summed E-state index contributed by atoms with van der Waals surface area (Å²) in [6.45, 7) is 7.58. The Hall–Kier alpha value is 1.79. The molecule has 0 aliphatic carbocycles. The van der Waals surface area contributed by atoms with E-state index in [0.717, 1.165) is 38.5 Å². The largest absolute Gasteiger partial charge is 1.00 e. The van der Waals surface area contributed by atoms with E-state index in [1.807, 2.05) is 20.8 Å². The number of rotatable bonds is 14. The van der Waals surface area contributed by atoms with E-state index in [2.05, 4.69) is 0 Å². The van der Waals surface area contributed by atoms with Crippen LogP contribution in [0, 0.1) is 0 Å². The predicted octanol–water partition coefficient (Wildman–Crippen LogP) is -5.68. The van der Waals surface area contributed by atoms with Crippen LogP contribution in [0.3, 0.4) is 0 Å². The SMILES string of the molecule is CCOC(CCCCCCC(=O)[SiH3])(OCC)OCC.O=S([O-])S(=O)(=O)[O-].[Na+].[Na+]. The van der Waals surface area contributed by atoms with Gasteiger partial charge in [0.05, 0.1) is 20.4 Å². The van der Waals surface area contributed by atoms with Crippen LogP contribution in [-0.2, 0) is 38.3 Å². The Morgan fingerprint density at radius 2 is 1.32 bits per heavy atom. The molecule has 0 spiro atoms. The molecule has 0 aliphatic heterocycles. The number of unbranched alkanes of at least 4 members (excludes halogenated alkanes) is 3. The molecule has 158 valence electrons. The average Bonchev–Trinajstić information content (AvgIpc) is 2.51. The van der Waals surface area contributed by atoms with Gasteiger partial charge < -0.3 is 28.1 Å². The second-order valence-corrected chi connectivity index (χ2v) is 9.59. The zero-order valence-electron chi connectivity index (χ0n) is 17.9. The Kier molecular flexibility index (Phi) is 29.2. The fourth-order valence-corrected chi connectivity index (χ4v) is 2.42. The number of hydrogen-bond donors (Lipinski definition) is 0. The van der Waals surface area contributed by atoms with E-state index in [-0.39, 0.29) is 59.1 Å². The van der Waals surface area contributed by atoms with Gasteiger partial charge in [0.1, 0.15) is 5.41 Å². The summed E-state index contributed by atoms with van der Waals surface area (Å²) in [5.41, 5.74) is 0. The Morgan fingerprint density at radius 3 is 1.61 bits per heavy atom.